The number of esters is 1. The average molecular weight is 323 g/mol. The van der Waals surface area contributed by atoms with Crippen LogP contribution in [-0.2, 0) is 21.6 Å². The molecule has 0 amide bonds. The summed E-state index contributed by atoms with van der Waals surface area (Å²) < 4.78 is 10.5. The highest BCUT2D eigenvalue weighted by Gasteiger charge is 2.28. The standard InChI is InChI=1S/C20H21NO3/c1-20(15-21,17-9-6-10-18(13-17)23-2)12-11-19(22)24-14-16-7-4-3-5-8-16/h3-10,13H,11-12,14H2,1-2H3/t20-/m1/s1. The van der Waals surface area contributed by atoms with Crippen molar-refractivity contribution in [1.29, 1.82) is 5.26 Å². The Morgan fingerprint density at radius 2 is 1.92 bits per heavy atom. The van der Waals surface area contributed by atoms with Gasteiger partial charge in [0.2, 0.25) is 0 Å². The molecule has 1 atom stereocenters. The Balaban J connectivity index is 1.94. The van der Waals surface area contributed by atoms with E-state index in [2.05, 4.69) is 6.07 Å². The topological polar surface area (TPSA) is 59.3 Å². The van der Waals surface area contributed by atoms with Crippen molar-refractivity contribution in [2.45, 2.75) is 31.8 Å². The van der Waals surface area contributed by atoms with Gasteiger partial charge in [-0.1, -0.05) is 42.5 Å². The lowest BCUT2D eigenvalue weighted by molar-refractivity contribution is -0.145. The zero-order valence-corrected chi connectivity index (χ0v) is 14.0. The van der Waals surface area contributed by atoms with E-state index < -0.39 is 5.41 Å². The van der Waals surface area contributed by atoms with Gasteiger partial charge in [0.05, 0.1) is 18.6 Å². The lowest BCUT2D eigenvalue weighted by Crippen LogP contribution is -2.21. The molecule has 24 heavy (non-hydrogen) atoms. The zero-order valence-electron chi connectivity index (χ0n) is 14.0. The monoisotopic (exact) mass is 323 g/mol. The molecule has 0 heterocycles. The van der Waals surface area contributed by atoms with E-state index in [1.807, 2.05) is 61.5 Å². The molecule has 0 radical (unpaired) electrons. The molecular weight excluding hydrogens is 302 g/mol. The molecule has 0 saturated heterocycles. The summed E-state index contributed by atoms with van der Waals surface area (Å²) in [5.74, 6) is 0.392. The lowest BCUT2D eigenvalue weighted by atomic mass is 9.80. The van der Waals surface area contributed by atoms with Gasteiger partial charge in [-0.25, -0.2) is 0 Å². The quantitative estimate of drug-likeness (QED) is 0.723. The molecule has 0 aliphatic rings. The van der Waals surface area contributed by atoms with Crippen molar-refractivity contribution < 1.29 is 14.3 Å². The van der Waals surface area contributed by atoms with Crippen molar-refractivity contribution in [1.82, 2.24) is 0 Å². The van der Waals surface area contributed by atoms with Crippen LogP contribution < -0.4 is 4.74 Å². The van der Waals surface area contributed by atoms with Crippen LogP contribution in [0.2, 0.25) is 0 Å². The molecule has 0 unspecified atom stereocenters. The fraction of sp³-hybridized carbons (Fsp3) is 0.300. The van der Waals surface area contributed by atoms with E-state index in [1.165, 1.54) is 0 Å². The maximum absolute atomic E-state index is 12.0. The van der Waals surface area contributed by atoms with Crippen LogP contribution in [0.4, 0.5) is 0 Å². The SMILES string of the molecule is COc1cccc([C@@](C)(C#N)CCC(=O)OCc2ccccc2)c1. The normalized spacial score (nSPS) is 12.7. The lowest BCUT2D eigenvalue weighted by Gasteiger charge is -2.22. The predicted octanol–water partition coefficient (Wildman–Crippen LogP) is 4.00. The molecule has 0 aliphatic heterocycles. The van der Waals surface area contributed by atoms with Crippen molar-refractivity contribution in [2.24, 2.45) is 0 Å². The van der Waals surface area contributed by atoms with Crippen molar-refractivity contribution in [2.75, 3.05) is 7.11 Å². The zero-order chi connectivity index (χ0) is 17.4. The van der Waals surface area contributed by atoms with E-state index >= 15 is 0 Å². The number of carbonyl (C=O) groups is 1. The number of carbonyl (C=O) groups excluding carboxylic acids is 1. The van der Waals surface area contributed by atoms with Gasteiger partial charge < -0.3 is 9.47 Å². The minimum absolute atomic E-state index is 0.189. The van der Waals surface area contributed by atoms with Crippen molar-refractivity contribution in [3.05, 3.63) is 65.7 Å². The largest absolute Gasteiger partial charge is 0.497 e. The summed E-state index contributed by atoms with van der Waals surface area (Å²) in [6, 6.07) is 19.2. The summed E-state index contributed by atoms with van der Waals surface area (Å²) >= 11 is 0. The van der Waals surface area contributed by atoms with Crippen LogP contribution in [-0.4, -0.2) is 13.1 Å². The summed E-state index contributed by atoms with van der Waals surface area (Å²) in [6.07, 6.45) is 0.582. The second kappa shape index (κ2) is 8.16. The van der Waals surface area contributed by atoms with E-state index in [4.69, 9.17) is 9.47 Å². The third-order valence-electron chi connectivity index (χ3n) is 4.03. The highest BCUT2D eigenvalue weighted by molar-refractivity contribution is 5.69. The molecule has 0 spiro atoms. The first kappa shape index (κ1) is 17.6. The summed E-state index contributed by atoms with van der Waals surface area (Å²) in [5, 5.41) is 9.58. The predicted molar refractivity (Wildman–Crippen MR) is 91.4 cm³/mol. The van der Waals surface area contributed by atoms with Crippen molar-refractivity contribution in [3.63, 3.8) is 0 Å². The molecular formula is C20H21NO3. The first-order valence-corrected chi connectivity index (χ1v) is 7.83. The third-order valence-corrected chi connectivity index (χ3v) is 4.03. The molecule has 4 nitrogen and oxygen atoms in total. The van der Waals surface area contributed by atoms with Gasteiger partial charge in [0.25, 0.3) is 0 Å². The maximum Gasteiger partial charge on any atom is 0.306 e. The summed E-state index contributed by atoms with van der Waals surface area (Å²) in [5.41, 5.74) is 1.02. The van der Waals surface area contributed by atoms with Crippen molar-refractivity contribution >= 4 is 5.97 Å². The minimum atomic E-state index is -0.764. The molecule has 0 aliphatic carbocycles. The van der Waals surface area contributed by atoms with E-state index in [9.17, 15) is 10.1 Å². The Bertz CT molecular complexity index is 721. The number of nitrogens with zero attached hydrogens (tertiary/aromatic N) is 1. The van der Waals surface area contributed by atoms with Gasteiger partial charge in [-0.2, -0.15) is 5.26 Å². The average Bonchev–Trinajstić information content (AvgIpc) is 2.65. The van der Waals surface area contributed by atoms with Crippen LogP contribution in [0.3, 0.4) is 0 Å². The van der Waals surface area contributed by atoms with Gasteiger partial charge >= 0.3 is 5.97 Å². The van der Waals surface area contributed by atoms with Crippen molar-refractivity contribution in [3.8, 4) is 11.8 Å². The van der Waals surface area contributed by atoms with Gasteiger partial charge in [0.1, 0.15) is 12.4 Å². The second-order valence-electron chi connectivity index (χ2n) is 5.82. The van der Waals surface area contributed by atoms with E-state index in [1.54, 1.807) is 7.11 Å². The number of benzene rings is 2. The first-order valence-electron chi connectivity index (χ1n) is 7.83. The highest BCUT2D eigenvalue weighted by atomic mass is 16.5. The fourth-order valence-electron chi connectivity index (χ4n) is 2.39. The Morgan fingerprint density at radius 3 is 2.58 bits per heavy atom. The van der Waals surface area contributed by atoms with Gasteiger partial charge in [0.15, 0.2) is 0 Å². The third kappa shape index (κ3) is 4.60. The Kier molecular flexibility index (Phi) is 5.97. The smallest absolute Gasteiger partial charge is 0.306 e. The molecule has 2 aromatic rings. The molecule has 4 heteroatoms. The maximum atomic E-state index is 12.0. The molecule has 124 valence electrons. The fourth-order valence-corrected chi connectivity index (χ4v) is 2.39. The minimum Gasteiger partial charge on any atom is -0.497 e. The Labute approximate surface area is 142 Å². The molecule has 0 fully saturated rings. The number of ether oxygens (including phenoxy) is 2. The van der Waals surface area contributed by atoms with E-state index in [0.29, 0.717) is 12.2 Å². The highest BCUT2D eigenvalue weighted by Crippen LogP contribution is 2.30. The first-order chi connectivity index (χ1) is 11.6. The number of hydrogen-bond acceptors (Lipinski definition) is 4. The molecule has 0 aromatic heterocycles. The number of nitriles is 1. The summed E-state index contributed by atoms with van der Waals surface area (Å²) in [7, 11) is 1.59. The van der Waals surface area contributed by atoms with Crippen LogP contribution >= 0.6 is 0 Å². The van der Waals surface area contributed by atoms with Crippen LogP contribution in [0, 0.1) is 11.3 Å². The van der Waals surface area contributed by atoms with E-state index in [-0.39, 0.29) is 19.0 Å². The van der Waals surface area contributed by atoms with E-state index in [0.717, 1.165) is 11.1 Å². The van der Waals surface area contributed by atoms with Gasteiger partial charge in [-0.05, 0) is 36.6 Å². The summed E-state index contributed by atoms with van der Waals surface area (Å²) in [4.78, 5) is 12.0. The Hall–Kier alpha value is -2.80. The molecule has 0 bridgehead atoms. The Morgan fingerprint density at radius 1 is 1.17 bits per heavy atom. The number of rotatable bonds is 7. The van der Waals surface area contributed by atoms with Gasteiger partial charge in [-0.3, -0.25) is 4.79 Å². The number of methoxy groups -OCH3 is 1. The second-order valence-corrected chi connectivity index (χ2v) is 5.82. The van der Waals surface area contributed by atoms with Crippen LogP contribution in [0.1, 0.15) is 30.9 Å². The summed E-state index contributed by atoms with van der Waals surface area (Å²) in [6.45, 7) is 2.08. The van der Waals surface area contributed by atoms with Gasteiger partial charge in [0, 0.05) is 6.42 Å². The molecule has 0 N–H and O–H groups in total. The van der Waals surface area contributed by atoms with Crippen LogP contribution in [0.5, 0.6) is 5.75 Å². The molecule has 2 aromatic carbocycles. The molecule has 2 rings (SSSR count). The van der Waals surface area contributed by atoms with Crippen LogP contribution in [0.15, 0.2) is 54.6 Å². The van der Waals surface area contributed by atoms with Gasteiger partial charge in [-0.15, -0.1) is 0 Å². The molecule has 0 saturated carbocycles. The number of hydrogen-bond donors (Lipinski definition) is 0. The van der Waals surface area contributed by atoms with Crippen LogP contribution in [0.25, 0.3) is 0 Å².